The molecule has 9 heteroatoms. The van der Waals surface area contributed by atoms with Gasteiger partial charge in [0.1, 0.15) is 11.0 Å². The van der Waals surface area contributed by atoms with Crippen LogP contribution in [0.2, 0.25) is 5.15 Å². The average Bonchev–Trinajstić information content (AvgIpc) is 3.02. The number of rotatable bonds is 4. The second-order valence-corrected chi connectivity index (χ2v) is 8.28. The zero-order chi connectivity index (χ0) is 23.9. The van der Waals surface area contributed by atoms with Crippen molar-refractivity contribution in [2.24, 2.45) is 5.10 Å². The fourth-order valence-corrected chi connectivity index (χ4v) is 4.03. The van der Waals surface area contributed by atoms with Gasteiger partial charge in [0.05, 0.1) is 34.2 Å². The van der Waals surface area contributed by atoms with Crippen molar-refractivity contribution >= 4 is 34.5 Å². The highest BCUT2D eigenvalue weighted by molar-refractivity contribution is 6.32. The number of hydrazone groups is 1. The van der Waals surface area contributed by atoms with Gasteiger partial charge in [-0.1, -0.05) is 29.3 Å². The lowest BCUT2D eigenvalue weighted by Crippen LogP contribution is -2.06. The van der Waals surface area contributed by atoms with Crippen LogP contribution in [0.4, 0.5) is 19.0 Å². The van der Waals surface area contributed by atoms with Gasteiger partial charge in [-0.25, -0.2) is 9.67 Å². The molecule has 170 valence electrons. The number of hydrogen-bond donors (Lipinski definition) is 1. The maximum absolute atomic E-state index is 13.1. The topological polar surface area (TPSA) is 55.1 Å². The molecule has 0 radical (unpaired) electrons. The van der Waals surface area contributed by atoms with E-state index in [4.69, 9.17) is 11.6 Å². The standard InChI is InChI=1S/C24H21ClF3N5/c1-13-8-15(3)22-19(9-13)14(2)10-21(30-22)31-29-12-20-16(4)32-33(23(20)25)18-7-5-6-17(11-18)24(26,27)28/h5-12H,1-4H3,(H,30,31). The largest absolute Gasteiger partial charge is 0.416 e. The SMILES string of the molecule is Cc1cc(C)c2nc(NN=Cc3c(C)nn(-c4cccc(C(F)(F)F)c4)c3Cl)cc(C)c2c1. The molecule has 0 aliphatic rings. The fourth-order valence-electron chi connectivity index (χ4n) is 3.71. The van der Waals surface area contributed by atoms with E-state index in [1.807, 2.05) is 26.8 Å². The predicted octanol–water partition coefficient (Wildman–Crippen LogP) is 6.77. The first-order chi connectivity index (χ1) is 15.5. The lowest BCUT2D eigenvalue weighted by Gasteiger charge is -2.09. The summed E-state index contributed by atoms with van der Waals surface area (Å²) in [5.41, 5.74) is 7.57. The highest BCUT2D eigenvalue weighted by Crippen LogP contribution is 2.31. The summed E-state index contributed by atoms with van der Waals surface area (Å²) in [6.45, 7) is 7.79. The zero-order valence-corrected chi connectivity index (χ0v) is 19.2. The molecule has 2 aromatic carbocycles. The molecule has 0 aliphatic heterocycles. The van der Waals surface area contributed by atoms with E-state index in [0.29, 0.717) is 17.1 Å². The number of pyridine rings is 1. The third-order valence-electron chi connectivity index (χ3n) is 5.29. The molecule has 0 spiro atoms. The van der Waals surface area contributed by atoms with Crippen molar-refractivity contribution in [3.63, 3.8) is 0 Å². The van der Waals surface area contributed by atoms with E-state index in [1.54, 1.807) is 6.92 Å². The molecule has 5 nitrogen and oxygen atoms in total. The summed E-state index contributed by atoms with van der Waals surface area (Å²) < 4.78 is 40.5. The normalized spacial score (nSPS) is 12.1. The first-order valence-electron chi connectivity index (χ1n) is 10.1. The van der Waals surface area contributed by atoms with E-state index in [9.17, 15) is 13.2 Å². The second kappa shape index (κ2) is 8.51. The number of halogens is 4. The Labute approximate surface area is 193 Å². The molecule has 2 heterocycles. The molecule has 4 aromatic rings. The van der Waals surface area contributed by atoms with E-state index in [2.05, 4.69) is 32.7 Å². The Balaban J connectivity index is 1.62. The summed E-state index contributed by atoms with van der Waals surface area (Å²) in [4.78, 5) is 4.65. The third kappa shape index (κ3) is 4.57. The lowest BCUT2D eigenvalue weighted by atomic mass is 10.0. The molecular weight excluding hydrogens is 451 g/mol. The van der Waals surface area contributed by atoms with Crippen LogP contribution < -0.4 is 5.43 Å². The molecule has 0 amide bonds. The minimum Gasteiger partial charge on any atom is -0.261 e. The van der Waals surface area contributed by atoms with Gasteiger partial charge >= 0.3 is 6.18 Å². The van der Waals surface area contributed by atoms with Crippen LogP contribution in [0, 0.1) is 27.7 Å². The monoisotopic (exact) mass is 471 g/mol. The van der Waals surface area contributed by atoms with Gasteiger partial charge in [0.25, 0.3) is 0 Å². The fraction of sp³-hybridized carbons (Fsp3) is 0.208. The molecule has 33 heavy (non-hydrogen) atoms. The quantitative estimate of drug-likeness (QED) is 0.264. The van der Waals surface area contributed by atoms with Crippen molar-refractivity contribution in [1.82, 2.24) is 14.8 Å². The Morgan fingerprint density at radius 1 is 1.03 bits per heavy atom. The Morgan fingerprint density at radius 3 is 2.52 bits per heavy atom. The van der Waals surface area contributed by atoms with E-state index >= 15 is 0 Å². The van der Waals surface area contributed by atoms with Gasteiger partial charge in [0, 0.05) is 5.39 Å². The first kappa shape index (κ1) is 22.8. The molecule has 0 saturated heterocycles. The minimum absolute atomic E-state index is 0.159. The van der Waals surface area contributed by atoms with Crippen LogP contribution in [0.3, 0.4) is 0 Å². The molecule has 2 aromatic heterocycles. The van der Waals surface area contributed by atoms with Crippen LogP contribution in [0.25, 0.3) is 16.6 Å². The highest BCUT2D eigenvalue weighted by Gasteiger charge is 2.30. The summed E-state index contributed by atoms with van der Waals surface area (Å²) in [5, 5.41) is 9.77. The number of anilines is 1. The number of alkyl halides is 3. The Kier molecular flexibility index (Phi) is 5.88. The van der Waals surface area contributed by atoms with Gasteiger partial charge in [-0.2, -0.15) is 23.4 Å². The number of aromatic nitrogens is 3. The maximum atomic E-state index is 13.1. The van der Waals surface area contributed by atoms with Crippen LogP contribution in [-0.2, 0) is 6.18 Å². The van der Waals surface area contributed by atoms with Crippen molar-refractivity contribution in [2.45, 2.75) is 33.9 Å². The second-order valence-electron chi connectivity index (χ2n) is 7.92. The summed E-state index contributed by atoms with van der Waals surface area (Å²) in [6.07, 6.45) is -2.97. The Morgan fingerprint density at radius 2 is 1.79 bits per heavy atom. The van der Waals surface area contributed by atoms with Crippen molar-refractivity contribution < 1.29 is 13.2 Å². The lowest BCUT2D eigenvalue weighted by molar-refractivity contribution is -0.137. The predicted molar refractivity (Wildman–Crippen MR) is 125 cm³/mol. The van der Waals surface area contributed by atoms with Gasteiger partial charge < -0.3 is 0 Å². The molecule has 0 bridgehead atoms. The van der Waals surface area contributed by atoms with E-state index in [1.165, 1.54) is 28.6 Å². The molecule has 0 atom stereocenters. The van der Waals surface area contributed by atoms with E-state index in [-0.39, 0.29) is 10.8 Å². The van der Waals surface area contributed by atoms with Crippen LogP contribution >= 0.6 is 11.6 Å². The molecule has 0 aliphatic carbocycles. The third-order valence-corrected chi connectivity index (χ3v) is 5.66. The first-order valence-corrected chi connectivity index (χ1v) is 10.5. The van der Waals surface area contributed by atoms with Gasteiger partial charge in [-0.3, -0.25) is 5.43 Å². The minimum atomic E-state index is -4.46. The van der Waals surface area contributed by atoms with Crippen LogP contribution in [0.1, 0.15) is 33.5 Å². The number of nitrogens with one attached hydrogen (secondary N) is 1. The van der Waals surface area contributed by atoms with E-state index in [0.717, 1.165) is 34.2 Å². The summed E-state index contributed by atoms with van der Waals surface area (Å²) >= 11 is 6.44. The molecule has 0 unspecified atom stereocenters. The number of nitrogens with zero attached hydrogens (tertiary/aromatic N) is 4. The Hall–Kier alpha value is -3.39. The molecule has 0 fully saturated rings. The molecule has 1 N–H and O–H groups in total. The van der Waals surface area contributed by atoms with Gasteiger partial charge in [0.15, 0.2) is 0 Å². The smallest absolute Gasteiger partial charge is 0.261 e. The summed E-state index contributed by atoms with van der Waals surface area (Å²) in [5.74, 6) is 0.572. The average molecular weight is 472 g/mol. The molecule has 0 saturated carbocycles. The van der Waals surface area contributed by atoms with Gasteiger partial charge in [0.2, 0.25) is 0 Å². The highest BCUT2D eigenvalue weighted by atomic mass is 35.5. The van der Waals surface area contributed by atoms with Gasteiger partial charge in [-0.15, -0.1) is 0 Å². The number of fused-ring (bicyclic) bond motifs is 1. The zero-order valence-electron chi connectivity index (χ0n) is 18.4. The van der Waals surface area contributed by atoms with Crippen molar-refractivity contribution in [2.75, 3.05) is 5.43 Å². The summed E-state index contributed by atoms with van der Waals surface area (Å²) in [6, 6.07) is 10.9. The van der Waals surface area contributed by atoms with E-state index < -0.39 is 11.7 Å². The van der Waals surface area contributed by atoms with Crippen molar-refractivity contribution in [1.29, 1.82) is 0 Å². The molecular formula is C24H21ClF3N5. The van der Waals surface area contributed by atoms with Crippen LogP contribution in [0.5, 0.6) is 0 Å². The Bertz CT molecular complexity index is 1390. The van der Waals surface area contributed by atoms with Crippen LogP contribution in [0.15, 0.2) is 47.6 Å². The van der Waals surface area contributed by atoms with Crippen LogP contribution in [-0.4, -0.2) is 21.0 Å². The van der Waals surface area contributed by atoms with Gasteiger partial charge in [-0.05, 0) is 69.2 Å². The maximum Gasteiger partial charge on any atom is 0.416 e. The summed E-state index contributed by atoms with van der Waals surface area (Å²) in [7, 11) is 0. The van der Waals surface area contributed by atoms with Crippen molar-refractivity contribution in [3.8, 4) is 5.69 Å². The van der Waals surface area contributed by atoms with Crippen molar-refractivity contribution in [3.05, 3.63) is 81.1 Å². The molecule has 4 rings (SSSR count). The number of benzene rings is 2. The number of aryl methyl sites for hydroxylation is 4. The number of hydrogen-bond acceptors (Lipinski definition) is 4.